The number of hydrogen-bond donors (Lipinski definition) is 1. The third-order valence-electron chi connectivity index (χ3n) is 6.41. The Hall–Kier alpha value is -0.930. The van der Waals surface area contributed by atoms with Crippen LogP contribution in [0.1, 0.15) is 57.6 Å². The van der Waals surface area contributed by atoms with Gasteiger partial charge in [-0.25, -0.2) is 8.42 Å². The van der Waals surface area contributed by atoms with Gasteiger partial charge >= 0.3 is 29.6 Å². The Bertz CT molecular complexity index is 1050. The summed E-state index contributed by atoms with van der Waals surface area (Å²) in [4.78, 5) is 11.9. The van der Waals surface area contributed by atoms with Crippen LogP contribution in [0, 0.1) is 17.0 Å². The fourth-order valence-corrected chi connectivity index (χ4v) is 5.93. The van der Waals surface area contributed by atoms with Gasteiger partial charge in [-0.1, -0.05) is 56.6 Å². The van der Waals surface area contributed by atoms with Gasteiger partial charge in [0, 0.05) is 24.0 Å². The van der Waals surface area contributed by atoms with Gasteiger partial charge < -0.3 is 10.7 Å². The van der Waals surface area contributed by atoms with E-state index in [9.17, 15) is 18.4 Å². The third-order valence-corrected chi connectivity index (χ3v) is 8.49. The Morgan fingerprint density at radius 3 is 2.09 bits per heavy atom. The summed E-state index contributed by atoms with van der Waals surface area (Å²) < 4.78 is 28.8. The number of halogens is 1. The summed E-state index contributed by atoms with van der Waals surface area (Å²) in [7, 11) is -3.73. The molecule has 1 fully saturated rings. The number of sulfonamides is 1. The number of carbonyl (C=O) groups is 1. The van der Waals surface area contributed by atoms with E-state index >= 15 is 0 Å². The molecular weight excluding hydrogens is 483 g/mol. The molecule has 6 nitrogen and oxygen atoms in total. The smallest absolute Gasteiger partial charge is 0.759 e. The molecular formula is C25H32ClN2NaO4S. The van der Waals surface area contributed by atoms with Crippen LogP contribution in [0.25, 0.3) is 0 Å². The number of carbonyl (C=O) groups excluding carboxylic acids is 1. The van der Waals surface area contributed by atoms with Crippen molar-refractivity contribution in [1.82, 2.24) is 9.79 Å². The average Bonchev–Trinajstić information content (AvgIpc) is 2.79. The Morgan fingerprint density at radius 2 is 1.59 bits per heavy atom. The van der Waals surface area contributed by atoms with E-state index in [4.69, 9.17) is 11.6 Å². The molecule has 3 rings (SSSR count). The quantitative estimate of drug-likeness (QED) is 0.453. The Balaban J connectivity index is 0.00000408. The topological polar surface area (TPSA) is 89.5 Å². The number of benzene rings is 2. The van der Waals surface area contributed by atoms with Crippen molar-refractivity contribution >= 4 is 27.5 Å². The summed E-state index contributed by atoms with van der Waals surface area (Å²) in [5.41, 5.74) is 3.34. The molecule has 0 unspecified atom stereocenters. The molecule has 0 radical (unpaired) electrons. The minimum absolute atomic E-state index is 0. The van der Waals surface area contributed by atoms with Crippen LogP contribution in [0.5, 0.6) is 0 Å². The van der Waals surface area contributed by atoms with Gasteiger partial charge in [-0.3, -0.25) is 4.79 Å². The molecule has 2 aromatic carbocycles. The van der Waals surface area contributed by atoms with Crippen LogP contribution >= 0.6 is 11.6 Å². The zero-order valence-corrected chi connectivity index (χ0v) is 24.0. The molecule has 0 saturated heterocycles. The summed E-state index contributed by atoms with van der Waals surface area (Å²) in [5.74, 6) is -0.639. The van der Waals surface area contributed by atoms with Crippen LogP contribution in [0.15, 0.2) is 53.4 Å². The van der Waals surface area contributed by atoms with Gasteiger partial charge in [0.15, 0.2) is 0 Å². The predicted octanol–water partition coefficient (Wildman–Crippen LogP) is 2.25. The van der Waals surface area contributed by atoms with Crippen LogP contribution in [0.3, 0.4) is 0 Å². The van der Waals surface area contributed by atoms with Crippen molar-refractivity contribution in [1.29, 1.82) is 0 Å². The number of nitrogens with zero attached hydrogens (tertiary/aromatic N) is 1. The van der Waals surface area contributed by atoms with Crippen molar-refractivity contribution in [3.05, 3.63) is 69.9 Å². The second-order valence-electron chi connectivity index (χ2n) is 9.88. The van der Waals surface area contributed by atoms with Crippen molar-refractivity contribution < 1.29 is 42.8 Å². The molecule has 2 aromatic rings. The maximum absolute atomic E-state index is 13.7. The van der Waals surface area contributed by atoms with Crippen LogP contribution in [0.4, 0.5) is 0 Å². The number of rotatable bonds is 7. The molecule has 0 aromatic heterocycles. The van der Waals surface area contributed by atoms with Crippen molar-refractivity contribution in [2.75, 3.05) is 6.54 Å². The molecule has 0 spiro atoms. The van der Waals surface area contributed by atoms with E-state index in [0.717, 1.165) is 11.1 Å². The third kappa shape index (κ3) is 7.53. The SMILES string of the molecule is CC(C)(C)c1ccc(S(=O)(=O)N(Cc2ccc(Cl)cc2)CC2CCC(C(=O)N[O-])CC2)cc1.[Na+]. The van der Waals surface area contributed by atoms with Gasteiger partial charge in [0.1, 0.15) is 0 Å². The molecule has 1 aliphatic rings. The van der Waals surface area contributed by atoms with Crippen molar-refractivity contribution in [2.45, 2.75) is 63.3 Å². The molecule has 0 heterocycles. The second-order valence-corrected chi connectivity index (χ2v) is 12.3. The standard InChI is InChI=1S/C25H32ClN2O4S.Na/c1-25(2,3)21-10-14-23(15-11-21)33(31,32)28(17-19-6-12-22(26)13-7-19)16-18-4-8-20(9-5-18)24(29)27-30;/h6-7,10-15,18,20H,4-5,8-9,16-17H2,1-3H3,(H-,27,29,30);/q-1;+1. The molecule has 9 heteroatoms. The normalized spacial score (nSPS) is 18.9. The molecule has 34 heavy (non-hydrogen) atoms. The molecule has 180 valence electrons. The molecule has 1 N–H and O–H groups in total. The largest absolute Gasteiger partial charge is 1.00 e. The van der Waals surface area contributed by atoms with E-state index in [1.807, 2.05) is 24.3 Å². The van der Waals surface area contributed by atoms with Gasteiger partial charge in [-0.05, 0) is 72.4 Å². The zero-order chi connectivity index (χ0) is 24.2. The summed E-state index contributed by atoms with van der Waals surface area (Å²) in [6.45, 7) is 6.87. The number of nitrogens with one attached hydrogen (secondary N) is 1. The fourth-order valence-electron chi connectivity index (χ4n) is 4.30. The van der Waals surface area contributed by atoms with Gasteiger partial charge in [-0.15, -0.1) is 0 Å². The summed E-state index contributed by atoms with van der Waals surface area (Å²) in [5, 5.41) is 11.3. The van der Waals surface area contributed by atoms with Gasteiger partial charge in [0.05, 0.1) is 4.90 Å². The van der Waals surface area contributed by atoms with E-state index in [-0.39, 0.29) is 58.2 Å². The van der Waals surface area contributed by atoms with Crippen LogP contribution in [-0.4, -0.2) is 25.2 Å². The van der Waals surface area contributed by atoms with E-state index in [1.165, 1.54) is 9.79 Å². The van der Waals surface area contributed by atoms with Crippen molar-refractivity contribution in [3.63, 3.8) is 0 Å². The summed E-state index contributed by atoms with van der Waals surface area (Å²) in [6, 6.07) is 14.3. The van der Waals surface area contributed by atoms with Crippen molar-refractivity contribution in [2.24, 2.45) is 11.8 Å². The molecule has 0 atom stereocenters. The van der Waals surface area contributed by atoms with Gasteiger partial charge in [0.25, 0.3) is 0 Å². The Morgan fingerprint density at radius 1 is 1.03 bits per heavy atom. The molecule has 1 saturated carbocycles. The van der Waals surface area contributed by atoms with Gasteiger partial charge in [0.2, 0.25) is 15.9 Å². The number of amides is 1. The van der Waals surface area contributed by atoms with Crippen molar-refractivity contribution in [3.8, 4) is 0 Å². The minimum atomic E-state index is -3.73. The first-order valence-electron chi connectivity index (χ1n) is 11.3. The molecule has 1 aliphatic carbocycles. The summed E-state index contributed by atoms with van der Waals surface area (Å²) in [6.07, 6.45) is 2.59. The first-order chi connectivity index (χ1) is 15.5. The fraction of sp³-hybridized carbons (Fsp3) is 0.480. The van der Waals surface area contributed by atoms with Crippen LogP contribution < -0.4 is 35.0 Å². The minimum Gasteiger partial charge on any atom is -0.759 e. The van der Waals surface area contributed by atoms with E-state index < -0.39 is 15.9 Å². The molecule has 0 bridgehead atoms. The van der Waals surface area contributed by atoms with Gasteiger partial charge in [-0.2, -0.15) is 4.31 Å². The predicted molar refractivity (Wildman–Crippen MR) is 131 cm³/mol. The molecule has 0 aliphatic heterocycles. The number of hydroxylamine groups is 1. The van der Waals surface area contributed by atoms with Crippen LogP contribution in [0.2, 0.25) is 5.02 Å². The first kappa shape index (κ1) is 29.3. The maximum atomic E-state index is 13.7. The maximum Gasteiger partial charge on any atom is 1.00 e. The first-order valence-corrected chi connectivity index (χ1v) is 13.1. The van der Waals surface area contributed by atoms with E-state index in [1.54, 1.807) is 24.3 Å². The van der Waals surface area contributed by atoms with E-state index in [0.29, 0.717) is 37.3 Å². The average molecular weight is 515 g/mol. The zero-order valence-electron chi connectivity index (χ0n) is 20.4. The number of hydrogen-bond acceptors (Lipinski definition) is 4. The monoisotopic (exact) mass is 514 g/mol. The van der Waals surface area contributed by atoms with E-state index in [2.05, 4.69) is 20.8 Å². The second kappa shape index (κ2) is 12.3. The summed E-state index contributed by atoms with van der Waals surface area (Å²) >= 11 is 6.01. The Labute approximate surface area is 230 Å². The Kier molecular flexibility index (Phi) is 10.6. The molecule has 1 amide bonds. The van der Waals surface area contributed by atoms with Crippen LogP contribution in [-0.2, 0) is 26.8 Å².